The van der Waals surface area contributed by atoms with E-state index >= 15 is 0 Å². The first-order valence-electron chi connectivity index (χ1n) is 9.29. The lowest BCUT2D eigenvalue weighted by molar-refractivity contribution is 0.102. The maximum Gasteiger partial charge on any atom is 0.257 e. The zero-order valence-corrected chi connectivity index (χ0v) is 17.4. The first-order chi connectivity index (χ1) is 14.4. The number of nitroso groups, excluding NO2 is 1. The molecule has 0 unspecified atom stereocenters. The second-order valence-electron chi connectivity index (χ2n) is 7.16. The zero-order valence-electron chi connectivity index (χ0n) is 16.6. The summed E-state index contributed by atoms with van der Waals surface area (Å²) >= 11 is 6.12. The number of carbonyl (C=O) groups excluding carboxylic acids is 1. The van der Waals surface area contributed by atoms with Gasteiger partial charge in [-0.2, -0.15) is 0 Å². The third kappa shape index (κ3) is 3.69. The van der Waals surface area contributed by atoms with E-state index in [0.717, 1.165) is 27.8 Å². The molecule has 0 saturated carbocycles. The predicted molar refractivity (Wildman–Crippen MR) is 119 cm³/mol. The normalized spacial score (nSPS) is 10.9. The average Bonchev–Trinajstić information content (AvgIpc) is 3.13. The van der Waals surface area contributed by atoms with E-state index in [-0.39, 0.29) is 16.3 Å². The number of benzene rings is 3. The van der Waals surface area contributed by atoms with Crippen LogP contribution in [0.25, 0.3) is 22.6 Å². The number of carbonyl (C=O) groups is 1. The number of rotatable bonds is 4. The number of aromatic nitrogens is 1. The molecule has 30 heavy (non-hydrogen) atoms. The molecule has 0 spiro atoms. The standard InChI is InChI=1S/C23H18ClN3O3/c1-12-4-5-15(23-26-20-8-13(2)14(3)9-21(20)30-23)10-19(12)25-22(28)17-11-16(27-29)6-7-18(17)24/h4-11H,1-3H3,(H,25,28). The number of anilines is 1. The zero-order chi connectivity index (χ0) is 21.4. The Morgan fingerprint density at radius 1 is 1.00 bits per heavy atom. The molecule has 0 aliphatic carbocycles. The van der Waals surface area contributed by atoms with Gasteiger partial charge >= 0.3 is 0 Å². The lowest BCUT2D eigenvalue weighted by Gasteiger charge is -2.11. The molecule has 7 heteroatoms. The van der Waals surface area contributed by atoms with E-state index < -0.39 is 5.91 Å². The van der Waals surface area contributed by atoms with Gasteiger partial charge in [0.25, 0.3) is 5.91 Å². The fraction of sp³-hybridized carbons (Fsp3) is 0.130. The van der Waals surface area contributed by atoms with E-state index in [4.69, 9.17) is 16.0 Å². The van der Waals surface area contributed by atoms with Gasteiger partial charge in [-0.3, -0.25) is 4.79 Å². The Balaban J connectivity index is 1.69. The smallest absolute Gasteiger partial charge is 0.257 e. The van der Waals surface area contributed by atoms with Crippen LogP contribution in [-0.2, 0) is 0 Å². The van der Waals surface area contributed by atoms with E-state index in [1.54, 1.807) is 6.07 Å². The molecule has 0 bridgehead atoms. The molecule has 0 aliphatic heterocycles. The van der Waals surface area contributed by atoms with Gasteiger partial charge < -0.3 is 9.73 Å². The van der Waals surface area contributed by atoms with Gasteiger partial charge in [0.1, 0.15) is 11.2 Å². The molecule has 3 aromatic carbocycles. The van der Waals surface area contributed by atoms with Crippen molar-refractivity contribution < 1.29 is 9.21 Å². The van der Waals surface area contributed by atoms with E-state index in [9.17, 15) is 9.70 Å². The highest BCUT2D eigenvalue weighted by Crippen LogP contribution is 2.30. The van der Waals surface area contributed by atoms with Crippen LogP contribution in [-0.4, -0.2) is 10.9 Å². The quantitative estimate of drug-likeness (QED) is 0.372. The fourth-order valence-corrected chi connectivity index (χ4v) is 3.33. The number of amides is 1. The van der Waals surface area contributed by atoms with Crippen molar-refractivity contribution in [3.05, 3.63) is 80.7 Å². The van der Waals surface area contributed by atoms with Crippen molar-refractivity contribution in [2.45, 2.75) is 20.8 Å². The second-order valence-corrected chi connectivity index (χ2v) is 7.57. The molecule has 6 nitrogen and oxygen atoms in total. The van der Waals surface area contributed by atoms with Crippen molar-refractivity contribution in [1.82, 2.24) is 4.98 Å². The number of aryl methyl sites for hydroxylation is 3. The molecular weight excluding hydrogens is 402 g/mol. The van der Waals surface area contributed by atoms with Crippen LogP contribution >= 0.6 is 11.6 Å². The van der Waals surface area contributed by atoms with E-state index in [1.807, 2.05) is 45.0 Å². The minimum atomic E-state index is -0.436. The highest BCUT2D eigenvalue weighted by molar-refractivity contribution is 6.34. The van der Waals surface area contributed by atoms with Gasteiger partial charge in [-0.25, -0.2) is 4.98 Å². The summed E-state index contributed by atoms with van der Waals surface area (Å²) in [5, 5.41) is 5.94. The summed E-state index contributed by atoms with van der Waals surface area (Å²) in [4.78, 5) is 28.1. The van der Waals surface area contributed by atoms with Crippen LogP contribution in [0.3, 0.4) is 0 Å². The van der Waals surface area contributed by atoms with Crippen LogP contribution in [0.1, 0.15) is 27.0 Å². The van der Waals surface area contributed by atoms with Crippen molar-refractivity contribution in [2.24, 2.45) is 5.18 Å². The number of halogens is 1. The Bertz CT molecular complexity index is 1270. The van der Waals surface area contributed by atoms with Crippen LogP contribution < -0.4 is 5.32 Å². The third-order valence-electron chi connectivity index (χ3n) is 5.04. The number of hydrogen-bond donors (Lipinski definition) is 1. The summed E-state index contributed by atoms with van der Waals surface area (Å²) in [6.07, 6.45) is 0. The van der Waals surface area contributed by atoms with E-state index in [0.29, 0.717) is 17.2 Å². The van der Waals surface area contributed by atoms with E-state index in [2.05, 4.69) is 15.5 Å². The fourth-order valence-electron chi connectivity index (χ4n) is 3.13. The summed E-state index contributed by atoms with van der Waals surface area (Å²) in [7, 11) is 0. The largest absolute Gasteiger partial charge is 0.436 e. The average molecular weight is 420 g/mol. The van der Waals surface area contributed by atoms with Crippen molar-refractivity contribution >= 4 is 40.0 Å². The van der Waals surface area contributed by atoms with Crippen LogP contribution in [0.2, 0.25) is 5.02 Å². The molecule has 0 atom stereocenters. The van der Waals surface area contributed by atoms with Crippen molar-refractivity contribution in [1.29, 1.82) is 0 Å². The molecule has 0 saturated heterocycles. The topological polar surface area (TPSA) is 84.6 Å². The van der Waals surface area contributed by atoms with Gasteiger partial charge in [0.15, 0.2) is 5.58 Å². The molecule has 0 aliphatic rings. The highest BCUT2D eigenvalue weighted by Gasteiger charge is 2.15. The Kier molecular flexibility index (Phi) is 5.10. The van der Waals surface area contributed by atoms with Gasteiger partial charge in [0.2, 0.25) is 5.89 Å². The van der Waals surface area contributed by atoms with Crippen LogP contribution in [0.4, 0.5) is 11.4 Å². The SMILES string of the molecule is Cc1cc2nc(-c3ccc(C)c(NC(=O)c4cc(N=O)ccc4Cl)c3)oc2cc1C. The Morgan fingerprint density at radius 3 is 2.53 bits per heavy atom. The van der Waals surface area contributed by atoms with Gasteiger partial charge in [-0.1, -0.05) is 17.7 Å². The Labute approximate surface area is 177 Å². The minimum Gasteiger partial charge on any atom is -0.436 e. The molecule has 150 valence electrons. The molecule has 0 radical (unpaired) electrons. The summed E-state index contributed by atoms with van der Waals surface area (Å²) in [6.45, 7) is 5.93. The molecule has 1 N–H and O–H groups in total. The number of oxazole rings is 1. The van der Waals surface area contributed by atoms with Gasteiger partial charge in [-0.05, 0) is 85.1 Å². The molecule has 1 heterocycles. The van der Waals surface area contributed by atoms with Crippen LogP contribution in [0, 0.1) is 25.7 Å². The number of nitrogens with one attached hydrogen (secondary N) is 1. The number of fused-ring (bicyclic) bond motifs is 1. The number of hydrogen-bond acceptors (Lipinski definition) is 5. The van der Waals surface area contributed by atoms with Gasteiger partial charge in [0, 0.05) is 11.3 Å². The summed E-state index contributed by atoms with van der Waals surface area (Å²) < 4.78 is 5.93. The summed E-state index contributed by atoms with van der Waals surface area (Å²) in [5.41, 5.74) is 6.25. The van der Waals surface area contributed by atoms with Crippen molar-refractivity contribution in [3.63, 3.8) is 0 Å². The summed E-state index contributed by atoms with van der Waals surface area (Å²) in [6, 6.07) is 13.8. The summed E-state index contributed by atoms with van der Waals surface area (Å²) in [5.74, 6) is 0.0326. The lowest BCUT2D eigenvalue weighted by atomic mass is 10.1. The molecular formula is C23H18ClN3O3. The highest BCUT2D eigenvalue weighted by atomic mass is 35.5. The maximum atomic E-state index is 12.7. The molecule has 0 fully saturated rings. The van der Waals surface area contributed by atoms with E-state index in [1.165, 1.54) is 18.2 Å². The molecule has 1 aromatic heterocycles. The monoisotopic (exact) mass is 419 g/mol. The Hall–Kier alpha value is -3.51. The van der Waals surface area contributed by atoms with Gasteiger partial charge in [0.05, 0.1) is 10.6 Å². The van der Waals surface area contributed by atoms with Crippen LogP contribution in [0.15, 0.2) is 58.1 Å². The number of nitrogens with zero attached hydrogens (tertiary/aromatic N) is 2. The first kappa shape index (κ1) is 19.8. The van der Waals surface area contributed by atoms with Gasteiger partial charge in [-0.15, -0.1) is 4.91 Å². The Morgan fingerprint density at radius 2 is 1.77 bits per heavy atom. The lowest BCUT2D eigenvalue weighted by Crippen LogP contribution is -2.13. The third-order valence-corrected chi connectivity index (χ3v) is 5.37. The maximum absolute atomic E-state index is 12.7. The molecule has 1 amide bonds. The second kappa shape index (κ2) is 7.72. The molecule has 4 rings (SSSR count). The van der Waals surface area contributed by atoms with Crippen LogP contribution in [0.5, 0.6) is 0 Å². The van der Waals surface area contributed by atoms with Crippen molar-refractivity contribution in [2.75, 3.05) is 5.32 Å². The first-order valence-corrected chi connectivity index (χ1v) is 9.66. The van der Waals surface area contributed by atoms with Crippen molar-refractivity contribution in [3.8, 4) is 11.5 Å². The predicted octanol–water partition coefficient (Wildman–Crippen LogP) is 6.72. The molecule has 4 aromatic rings. The minimum absolute atomic E-state index is 0.132.